The number of carbonyl (C=O) groups is 2. The van der Waals surface area contributed by atoms with Crippen molar-refractivity contribution in [3.05, 3.63) is 44.9 Å². The van der Waals surface area contributed by atoms with Crippen LogP contribution in [-0.4, -0.2) is 21.7 Å². The first-order valence-corrected chi connectivity index (χ1v) is 9.81. The smallest absolute Gasteiger partial charge is 0.274 e. The Morgan fingerprint density at radius 1 is 1.28 bits per heavy atom. The van der Waals surface area contributed by atoms with E-state index in [2.05, 4.69) is 28.3 Å². The molecule has 0 atom stereocenters. The Hall–Kier alpha value is -2.25. The number of rotatable bonds is 3. The van der Waals surface area contributed by atoms with E-state index in [0.29, 0.717) is 22.8 Å². The fourth-order valence-electron chi connectivity index (χ4n) is 3.18. The summed E-state index contributed by atoms with van der Waals surface area (Å²) >= 11 is 3.08. The van der Waals surface area contributed by atoms with Crippen LogP contribution in [-0.2, 0) is 6.42 Å². The molecule has 0 saturated heterocycles. The van der Waals surface area contributed by atoms with Gasteiger partial charge in [-0.1, -0.05) is 0 Å². The molecule has 0 bridgehead atoms. The van der Waals surface area contributed by atoms with Gasteiger partial charge in [0.05, 0.1) is 10.6 Å². The van der Waals surface area contributed by atoms with Crippen molar-refractivity contribution in [2.75, 3.05) is 5.32 Å². The van der Waals surface area contributed by atoms with E-state index in [1.165, 1.54) is 16.2 Å². The van der Waals surface area contributed by atoms with Gasteiger partial charge in [-0.05, 0) is 44.4 Å². The minimum atomic E-state index is -0.247. The molecule has 0 aromatic carbocycles. The van der Waals surface area contributed by atoms with Crippen LogP contribution in [0.25, 0.3) is 10.6 Å². The number of H-pyrrole nitrogens is 1. The molecule has 3 aromatic rings. The Balaban J connectivity index is 1.57. The zero-order chi connectivity index (χ0) is 17.6. The average Bonchev–Trinajstić information content (AvgIpc) is 3.27. The first-order chi connectivity index (χ1) is 12.0. The topological polar surface area (TPSA) is 74.8 Å². The number of amides is 1. The number of thiazole rings is 1. The van der Waals surface area contributed by atoms with Crippen LogP contribution in [0.2, 0.25) is 0 Å². The second-order valence-corrected chi connectivity index (χ2v) is 8.30. The minimum absolute atomic E-state index is 0.124. The molecule has 0 fully saturated rings. The van der Waals surface area contributed by atoms with Crippen LogP contribution >= 0.6 is 22.7 Å². The molecular weight excluding hydrogens is 354 g/mol. The van der Waals surface area contributed by atoms with Crippen molar-refractivity contribution in [1.82, 2.24) is 9.97 Å². The molecule has 128 valence electrons. The van der Waals surface area contributed by atoms with Gasteiger partial charge in [0.15, 0.2) is 10.9 Å². The predicted octanol–water partition coefficient (Wildman–Crippen LogP) is 4.59. The molecule has 0 spiro atoms. The van der Waals surface area contributed by atoms with E-state index in [-0.39, 0.29) is 11.7 Å². The normalized spacial score (nSPS) is 13.8. The Morgan fingerprint density at radius 2 is 2.12 bits per heavy atom. The van der Waals surface area contributed by atoms with Crippen molar-refractivity contribution in [2.24, 2.45) is 0 Å². The molecule has 0 radical (unpaired) electrons. The van der Waals surface area contributed by atoms with Crippen LogP contribution in [0, 0.1) is 13.8 Å². The maximum Gasteiger partial charge on any atom is 0.274 e. The Labute approximate surface area is 153 Å². The lowest BCUT2D eigenvalue weighted by molar-refractivity contribution is 0.0971. The van der Waals surface area contributed by atoms with Gasteiger partial charge in [-0.3, -0.25) is 14.9 Å². The summed E-state index contributed by atoms with van der Waals surface area (Å²) in [7, 11) is 0. The summed E-state index contributed by atoms with van der Waals surface area (Å²) in [6.45, 7) is 3.88. The first-order valence-electron chi connectivity index (χ1n) is 8.11. The van der Waals surface area contributed by atoms with E-state index in [1.54, 1.807) is 11.3 Å². The number of Topliss-reactive ketones (excluding diaryl/α,β-unsaturated/α-hetero) is 1. The number of thiophene rings is 1. The molecule has 4 rings (SSSR count). The van der Waals surface area contributed by atoms with Crippen molar-refractivity contribution in [3.8, 4) is 10.6 Å². The summed E-state index contributed by atoms with van der Waals surface area (Å²) in [5.41, 5.74) is 3.65. The van der Waals surface area contributed by atoms with Crippen LogP contribution in [0.1, 0.15) is 49.8 Å². The van der Waals surface area contributed by atoms with Gasteiger partial charge in [-0.15, -0.1) is 22.7 Å². The van der Waals surface area contributed by atoms with Gasteiger partial charge in [-0.25, -0.2) is 4.98 Å². The van der Waals surface area contributed by atoms with Crippen LogP contribution in [0.15, 0.2) is 17.5 Å². The largest absolute Gasteiger partial charge is 0.354 e. The van der Waals surface area contributed by atoms with Gasteiger partial charge in [0.25, 0.3) is 5.91 Å². The van der Waals surface area contributed by atoms with E-state index in [4.69, 9.17) is 0 Å². The molecule has 1 aliphatic carbocycles. The number of fused-ring (bicyclic) bond motifs is 1. The van der Waals surface area contributed by atoms with Crippen LogP contribution in [0.3, 0.4) is 0 Å². The highest BCUT2D eigenvalue weighted by Gasteiger charge is 2.26. The molecule has 25 heavy (non-hydrogen) atoms. The molecule has 1 aliphatic rings. The third kappa shape index (κ3) is 2.94. The number of nitrogens with zero attached hydrogens (tertiary/aromatic N) is 1. The van der Waals surface area contributed by atoms with Gasteiger partial charge in [-0.2, -0.15) is 0 Å². The molecule has 7 heteroatoms. The monoisotopic (exact) mass is 371 g/mol. The number of aromatic nitrogens is 2. The molecule has 0 saturated carbocycles. The third-order valence-corrected chi connectivity index (χ3v) is 6.16. The average molecular weight is 371 g/mol. The molecule has 0 aliphatic heterocycles. The lowest BCUT2D eigenvalue weighted by atomic mass is 9.94. The zero-order valence-corrected chi connectivity index (χ0v) is 15.6. The maximum atomic E-state index is 12.6. The number of aryl methyl sites for hydroxylation is 2. The van der Waals surface area contributed by atoms with Crippen LogP contribution in [0.4, 0.5) is 5.13 Å². The number of ketones is 1. The highest BCUT2D eigenvalue weighted by molar-refractivity contribution is 7.17. The molecular formula is C18H17N3O2S2. The van der Waals surface area contributed by atoms with E-state index < -0.39 is 0 Å². The van der Waals surface area contributed by atoms with E-state index >= 15 is 0 Å². The number of hydrogen-bond acceptors (Lipinski definition) is 5. The number of carbonyl (C=O) groups excluding carboxylic acids is 2. The van der Waals surface area contributed by atoms with Gasteiger partial charge < -0.3 is 4.98 Å². The lowest BCUT2D eigenvalue weighted by Gasteiger charge is -2.09. The van der Waals surface area contributed by atoms with Crippen molar-refractivity contribution in [3.63, 3.8) is 0 Å². The summed E-state index contributed by atoms with van der Waals surface area (Å²) in [5.74, 6) is -0.124. The highest BCUT2D eigenvalue weighted by Crippen LogP contribution is 2.31. The Morgan fingerprint density at radius 3 is 2.84 bits per heavy atom. The zero-order valence-electron chi connectivity index (χ0n) is 13.9. The first kappa shape index (κ1) is 16.2. The second-order valence-electron chi connectivity index (χ2n) is 6.16. The maximum absolute atomic E-state index is 12.6. The Bertz CT molecular complexity index is 981. The Kier molecular flexibility index (Phi) is 4.05. The van der Waals surface area contributed by atoms with E-state index in [1.807, 2.05) is 18.4 Å². The summed E-state index contributed by atoms with van der Waals surface area (Å²) in [5, 5.41) is 5.35. The molecule has 2 N–H and O–H groups in total. The molecule has 5 nitrogen and oxygen atoms in total. The standard InChI is InChI=1S/C18H17N3O2S2/c1-9-6-7-14(25-9)12-8-24-18(20-12)21-17(23)16-10(2)15-11(19-16)4-3-5-13(15)22/h6-8,19H,3-5H2,1-2H3,(H,20,21,23). The number of anilines is 1. The fraction of sp³-hybridized carbons (Fsp3) is 0.278. The SMILES string of the molecule is Cc1ccc(-c2csc(NC(=O)c3[nH]c4c(c3C)C(=O)CCC4)n2)s1. The van der Waals surface area contributed by atoms with Gasteiger partial charge >= 0.3 is 0 Å². The number of hydrogen-bond donors (Lipinski definition) is 2. The minimum Gasteiger partial charge on any atom is -0.354 e. The number of aromatic amines is 1. The summed E-state index contributed by atoms with van der Waals surface area (Å²) < 4.78 is 0. The molecule has 0 unspecified atom stereocenters. The van der Waals surface area contributed by atoms with Gasteiger partial charge in [0.2, 0.25) is 0 Å². The van der Waals surface area contributed by atoms with Crippen molar-refractivity contribution < 1.29 is 9.59 Å². The third-order valence-electron chi connectivity index (χ3n) is 4.38. The van der Waals surface area contributed by atoms with Gasteiger partial charge in [0.1, 0.15) is 5.69 Å². The second kappa shape index (κ2) is 6.24. The fourth-order valence-corrected chi connectivity index (χ4v) is 4.79. The summed E-state index contributed by atoms with van der Waals surface area (Å²) in [4.78, 5) is 34.7. The lowest BCUT2D eigenvalue weighted by Crippen LogP contribution is -2.13. The number of nitrogens with one attached hydrogen (secondary N) is 2. The summed E-state index contributed by atoms with van der Waals surface area (Å²) in [6.07, 6.45) is 2.21. The molecule has 3 heterocycles. The quantitative estimate of drug-likeness (QED) is 0.707. The molecule has 1 amide bonds. The van der Waals surface area contributed by atoms with Crippen molar-refractivity contribution in [2.45, 2.75) is 33.1 Å². The highest BCUT2D eigenvalue weighted by atomic mass is 32.1. The van der Waals surface area contributed by atoms with Crippen molar-refractivity contribution in [1.29, 1.82) is 0 Å². The summed E-state index contributed by atoms with van der Waals surface area (Å²) in [6, 6.07) is 4.09. The predicted molar refractivity (Wildman–Crippen MR) is 101 cm³/mol. The van der Waals surface area contributed by atoms with Crippen molar-refractivity contribution >= 4 is 39.5 Å². The van der Waals surface area contributed by atoms with Crippen LogP contribution in [0.5, 0.6) is 0 Å². The van der Waals surface area contributed by atoms with Crippen LogP contribution < -0.4 is 5.32 Å². The van der Waals surface area contributed by atoms with Gasteiger partial charge in [0, 0.05) is 27.9 Å². The molecule has 3 aromatic heterocycles. The van der Waals surface area contributed by atoms with E-state index in [0.717, 1.165) is 34.7 Å². The van der Waals surface area contributed by atoms with E-state index in [9.17, 15) is 9.59 Å².